The van der Waals surface area contributed by atoms with Crippen LogP contribution in [0.15, 0.2) is 91.0 Å². The molecule has 0 amide bonds. The number of hydrogen-bond donors (Lipinski definition) is 0. The van der Waals surface area contributed by atoms with E-state index in [9.17, 15) is 0 Å². The van der Waals surface area contributed by atoms with Crippen molar-refractivity contribution in [3.8, 4) is 22.3 Å². The van der Waals surface area contributed by atoms with Gasteiger partial charge in [0.05, 0.1) is 0 Å². The summed E-state index contributed by atoms with van der Waals surface area (Å²) in [6.07, 6.45) is 10.6. The average molecular weight is 937 g/mol. The van der Waals surface area contributed by atoms with Gasteiger partial charge < -0.3 is 9.71 Å². The van der Waals surface area contributed by atoms with Crippen LogP contribution >= 0.6 is 0 Å². The summed E-state index contributed by atoms with van der Waals surface area (Å²) in [5.41, 5.74) is 30.4. The Hall–Kier alpha value is -5.02. The molecule has 0 unspecified atom stereocenters. The van der Waals surface area contributed by atoms with Gasteiger partial charge in [-0.2, -0.15) is 0 Å². The molecule has 0 spiro atoms. The molecular formula is C68H81BN2. The summed E-state index contributed by atoms with van der Waals surface area (Å²) in [4.78, 5) is 5.65. The maximum absolute atomic E-state index is 2.87. The molecule has 6 aromatic rings. The van der Waals surface area contributed by atoms with Gasteiger partial charge >= 0.3 is 6.85 Å². The second kappa shape index (κ2) is 15.0. The van der Waals surface area contributed by atoms with Crippen molar-refractivity contribution in [1.82, 2.24) is 0 Å². The molecule has 0 N–H and O–H groups in total. The fourth-order valence-electron chi connectivity index (χ4n) is 15.0. The minimum Gasteiger partial charge on any atom is -0.376 e. The number of aryl methyl sites for hydroxylation is 2. The summed E-state index contributed by atoms with van der Waals surface area (Å²) in [6, 6.07) is 38.3. The van der Waals surface area contributed by atoms with Gasteiger partial charge in [-0.1, -0.05) is 159 Å². The van der Waals surface area contributed by atoms with Crippen molar-refractivity contribution < 1.29 is 0 Å². The number of anilines is 5. The largest absolute Gasteiger partial charge is 0.376 e. The van der Waals surface area contributed by atoms with Gasteiger partial charge in [0.1, 0.15) is 0 Å². The van der Waals surface area contributed by atoms with Gasteiger partial charge in [0.25, 0.3) is 0 Å². The normalized spacial score (nSPS) is 21.2. The summed E-state index contributed by atoms with van der Waals surface area (Å²) in [5.74, 6) is 0. The number of unbranched alkanes of at least 4 members (excludes halogenated alkanes) is 1. The van der Waals surface area contributed by atoms with Crippen LogP contribution in [-0.4, -0.2) is 6.85 Å². The van der Waals surface area contributed by atoms with Crippen LogP contribution in [0.4, 0.5) is 28.4 Å². The summed E-state index contributed by atoms with van der Waals surface area (Å²) >= 11 is 0. The summed E-state index contributed by atoms with van der Waals surface area (Å²) in [5, 5.41) is 0. The van der Waals surface area contributed by atoms with Gasteiger partial charge in [-0.15, -0.1) is 0 Å². The Morgan fingerprint density at radius 2 is 0.986 bits per heavy atom. The molecule has 0 bridgehead atoms. The van der Waals surface area contributed by atoms with Gasteiger partial charge in [0.2, 0.25) is 0 Å². The molecule has 2 heterocycles. The molecule has 2 aliphatic heterocycles. The smallest absolute Gasteiger partial charge is 0.333 e. The van der Waals surface area contributed by atoms with Crippen molar-refractivity contribution in [2.75, 3.05) is 9.71 Å². The lowest BCUT2D eigenvalue weighted by Crippen LogP contribution is -2.62. The quantitative estimate of drug-likeness (QED) is 0.159. The maximum atomic E-state index is 2.87. The van der Waals surface area contributed by atoms with Gasteiger partial charge in [-0.05, 0) is 216 Å². The zero-order valence-electron chi connectivity index (χ0n) is 46.5. The van der Waals surface area contributed by atoms with E-state index >= 15 is 0 Å². The van der Waals surface area contributed by atoms with E-state index in [4.69, 9.17) is 0 Å². The molecule has 6 aromatic carbocycles. The number of nitrogens with zero attached hydrogens (tertiary/aromatic N) is 2. The fraction of sp³-hybridized carbons (Fsp3) is 0.471. The number of fused-ring (bicyclic) bond motifs is 10. The van der Waals surface area contributed by atoms with Gasteiger partial charge in [0, 0.05) is 39.4 Å². The summed E-state index contributed by atoms with van der Waals surface area (Å²) < 4.78 is 0. The molecule has 0 atom stereocenters. The summed E-state index contributed by atoms with van der Waals surface area (Å²) in [7, 11) is 0. The molecule has 6 aliphatic rings. The SMILES string of the molecule is CCCCc1cc2c3c(c1)N(c1cc4c(cc1C)C(C)(C)CCC4(C)C)c1cc4c(cc1B3N(c1ccc3c(c1)C(C)(C)CCC3(C)C)c1cc3c(cc1-2)C(C)(C)CCC3(C)C)C(C)(C)c1ccccc1-4. The van der Waals surface area contributed by atoms with Crippen LogP contribution in [0.1, 0.15) is 211 Å². The van der Waals surface area contributed by atoms with E-state index in [-0.39, 0.29) is 44.8 Å². The third-order valence-electron chi connectivity index (χ3n) is 20.1. The Balaban J connectivity index is 1.24. The van der Waals surface area contributed by atoms with Crippen molar-refractivity contribution in [3.05, 3.63) is 147 Å². The van der Waals surface area contributed by atoms with E-state index in [1.54, 1.807) is 0 Å². The third kappa shape index (κ3) is 6.71. The lowest BCUT2D eigenvalue weighted by atomic mass is 9.42. The van der Waals surface area contributed by atoms with Gasteiger partial charge in [-0.25, -0.2) is 0 Å². The first kappa shape index (κ1) is 47.0. The number of hydrogen-bond acceptors (Lipinski definition) is 2. The highest BCUT2D eigenvalue weighted by Gasteiger charge is 2.50. The minimum atomic E-state index is -0.149. The standard InChI is InChI=1S/C68H81BN2/c1-17-18-21-42-33-47-46-36-53-55(67(13,14)31-29-65(53,9)10)40-58(46)71(43-24-25-49-52(35-43)64(7,8)27-26-62(49,3)4)69-56-38-50-45(44-22-19-20-23-48(44)68(50,15)16)37-59(56)70(60(34-42)61(47)69)57-39-54-51(32-41(57)2)63(5,6)28-30-66(54,11)12/h19-20,22-25,32-40H,17-18,21,26-31H2,1-16H3. The van der Waals surface area contributed by atoms with Crippen LogP contribution in [0.25, 0.3) is 22.3 Å². The fourth-order valence-corrected chi connectivity index (χ4v) is 15.0. The highest BCUT2D eigenvalue weighted by molar-refractivity contribution is 6.93. The Bertz CT molecular complexity index is 3260. The average Bonchev–Trinajstić information content (AvgIpc) is 3.54. The molecule has 366 valence electrons. The lowest BCUT2D eigenvalue weighted by Gasteiger charge is -2.49. The molecule has 3 heteroatoms. The van der Waals surface area contributed by atoms with Crippen molar-refractivity contribution in [2.24, 2.45) is 0 Å². The van der Waals surface area contributed by atoms with E-state index < -0.39 is 0 Å². The monoisotopic (exact) mass is 937 g/mol. The zero-order valence-corrected chi connectivity index (χ0v) is 46.5. The second-order valence-corrected chi connectivity index (χ2v) is 28.0. The highest BCUT2D eigenvalue weighted by Crippen LogP contribution is 2.58. The maximum Gasteiger partial charge on any atom is 0.333 e. The van der Waals surface area contributed by atoms with Crippen LogP contribution in [-0.2, 0) is 44.3 Å². The Morgan fingerprint density at radius 1 is 0.437 bits per heavy atom. The van der Waals surface area contributed by atoms with E-state index in [1.165, 1.54) is 169 Å². The predicted molar refractivity (Wildman–Crippen MR) is 307 cm³/mol. The molecular weight excluding hydrogens is 856 g/mol. The Kier molecular flexibility index (Phi) is 9.96. The topological polar surface area (TPSA) is 6.48 Å². The molecule has 4 aliphatic carbocycles. The Labute approximate surface area is 429 Å². The lowest BCUT2D eigenvalue weighted by molar-refractivity contribution is 0.332. The first-order valence-electron chi connectivity index (χ1n) is 27.8. The van der Waals surface area contributed by atoms with Crippen LogP contribution in [0.5, 0.6) is 0 Å². The Morgan fingerprint density at radius 3 is 1.61 bits per heavy atom. The molecule has 0 radical (unpaired) electrons. The van der Waals surface area contributed by atoms with E-state index in [2.05, 4.69) is 211 Å². The molecule has 71 heavy (non-hydrogen) atoms. The van der Waals surface area contributed by atoms with Crippen molar-refractivity contribution in [1.29, 1.82) is 0 Å². The zero-order chi connectivity index (χ0) is 50.3. The minimum absolute atomic E-state index is 0.0485. The molecule has 0 fully saturated rings. The van der Waals surface area contributed by atoms with Crippen LogP contribution < -0.4 is 20.6 Å². The molecule has 0 saturated heterocycles. The van der Waals surface area contributed by atoms with Crippen molar-refractivity contribution in [2.45, 2.75) is 206 Å². The van der Waals surface area contributed by atoms with Crippen molar-refractivity contribution in [3.63, 3.8) is 0 Å². The van der Waals surface area contributed by atoms with E-state index in [0.29, 0.717) is 0 Å². The third-order valence-corrected chi connectivity index (χ3v) is 20.1. The van der Waals surface area contributed by atoms with E-state index in [1.807, 2.05) is 0 Å². The highest BCUT2D eigenvalue weighted by atomic mass is 15.2. The van der Waals surface area contributed by atoms with Crippen LogP contribution in [0.3, 0.4) is 0 Å². The van der Waals surface area contributed by atoms with Gasteiger partial charge in [0.15, 0.2) is 0 Å². The summed E-state index contributed by atoms with van der Waals surface area (Å²) in [6.45, 7) is 39.6. The van der Waals surface area contributed by atoms with E-state index in [0.717, 1.165) is 6.42 Å². The molecule has 0 aromatic heterocycles. The van der Waals surface area contributed by atoms with Crippen molar-refractivity contribution >= 4 is 46.2 Å². The molecule has 0 saturated carbocycles. The van der Waals surface area contributed by atoms with Gasteiger partial charge in [-0.3, -0.25) is 0 Å². The first-order chi connectivity index (χ1) is 33.3. The predicted octanol–water partition coefficient (Wildman–Crippen LogP) is 17.4. The molecule has 2 nitrogen and oxygen atoms in total. The van der Waals surface area contributed by atoms with Crippen LogP contribution in [0.2, 0.25) is 0 Å². The molecule has 12 rings (SSSR count). The second-order valence-electron chi connectivity index (χ2n) is 28.0. The first-order valence-corrected chi connectivity index (χ1v) is 27.8. The van der Waals surface area contributed by atoms with Crippen LogP contribution in [0, 0.1) is 6.92 Å². The number of rotatable bonds is 5. The number of benzene rings is 6.